The van der Waals surface area contributed by atoms with Gasteiger partial charge < -0.3 is 19.5 Å². The average Bonchev–Trinajstić information content (AvgIpc) is 3.00. The van der Waals surface area contributed by atoms with Crippen molar-refractivity contribution in [2.24, 2.45) is 5.92 Å². The van der Waals surface area contributed by atoms with E-state index < -0.39 is 4.92 Å². The van der Waals surface area contributed by atoms with Gasteiger partial charge in [-0.1, -0.05) is 5.16 Å². The van der Waals surface area contributed by atoms with E-state index in [2.05, 4.69) is 10.5 Å². The number of nitro groups is 1. The van der Waals surface area contributed by atoms with Gasteiger partial charge in [-0.25, -0.2) is 0 Å². The van der Waals surface area contributed by atoms with Gasteiger partial charge >= 0.3 is 0 Å². The molecule has 10 heteroatoms. The largest absolute Gasteiger partial charge is 0.494 e. The van der Waals surface area contributed by atoms with Crippen molar-refractivity contribution in [3.05, 3.63) is 45.8 Å². The minimum Gasteiger partial charge on any atom is -0.494 e. The fourth-order valence-electron chi connectivity index (χ4n) is 2.57. The zero-order valence-corrected chi connectivity index (χ0v) is 14.1. The molecular weight excluding hydrogens is 344 g/mol. The second kappa shape index (κ2) is 6.82. The van der Waals surface area contributed by atoms with Gasteiger partial charge in [0, 0.05) is 25.2 Å². The zero-order chi connectivity index (χ0) is 18.8. The number of hydrogen-bond acceptors (Lipinski definition) is 7. The summed E-state index contributed by atoms with van der Waals surface area (Å²) in [5.74, 6) is -0.241. The lowest BCUT2D eigenvalue weighted by Gasteiger charge is -2.37. The van der Waals surface area contributed by atoms with Gasteiger partial charge in [0.05, 0.1) is 29.7 Å². The SMILES string of the molecule is COc1cc([N+](=O)[O-])ccc1NC(=O)C1CN(C(=O)c2cc(C)on2)C1. The van der Waals surface area contributed by atoms with E-state index >= 15 is 0 Å². The van der Waals surface area contributed by atoms with Crippen molar-refractivity contribution in [2.75, 3.05) is 25.5 Å². The molecular formula is C16H16N4O6. The Morgan fingerprint density at radius 1 is 1.38 bits per heavy atom. The minimum atomic E-state index is -0.546. The molecule has 0 radical (unpaired) electrons. The molecule has 26 heavy (non-hydrogen) atoms. The number of aryl methyl sites for hydroxylation is 1. The molecule has 1 saturated heterocycles. The van der Waals surface area contributed by atoms with Crippen LogP contribution in [-0.4, -0.2) is 47.0 Å². The summed E-state index contributed by atoms with van der Waals surface area (Å²) in [7, 11) is 1.36. The normalized spacial score (nSPS) is 13.8. The maximum Gasteiger partial charge on any atom is 0.276 e. The van der Waals surface area contributed by atoms with Gasteiger partial charge in [-0.3, -0.25) is 19.7 Å². The number of benzene rings is 1. The lowest BCUT2D eigenvalue weighted by molar-refractivity contribution is -0.384. The quantitative estimate of drug-likeness (QED) is 0.633. The molecule has 1 aromatic carbocycles. The maximum atomic E-state index is 12.3. The number of hydrogen-bond donors (Lipinski definition) is 1. The molecule has 1 fully saturated rings. The summed E-state index contributed by atoms with van der Waals surface area (Å²) in [5, 5.41) is 17.1. The van der Waals surface area contributed by atoms with Crippen LogP contribution in [0.25, 0.3) is 0 Å². The predicted octanol–water partition coefficient (Wildman–Crippen LogP) is 1.61. The molecule has 136 valence electrons. The van der Waals surface area contributed by atoms with Crippen molar-refractivity contribution < 1.29 is 23.8 Å². The number of nitro benzene ring substituents is 1. The van der Waals surface area contributed by atoms with Crippen LogP contribution < -0.4 is 10.1 Å². The van der Waals surface area contributed by atoms with Gasteiger partial charge in [0.1, 0.15) is 11.5 Å². The first-order chi connectivity index (χ1) is 12.4. The number of anilines is 1. The summed E-state index contributed by atoms with van der Waals surface area (Å²) in [5.41, 5.74) is 0.404. The van der Waals surface area contributed by atoms with Crippen LogP contribution in [0.1, 0.15) is 16.2 Å². The third-order valence-corrected chi connectivity index (χ3v) is 4.04. The van der Waals surface area contributed by atoms with E-state index in [0.717, 1.165) is 0 Å². The van der Waals surface area contributed by atoms with Crippen molar-refractivity contribution in [1.82, 2.24) is 10.1 Å². The van der Waals surface area contributed by atoms with Crippen LogP contribution in [0.4, 0.5) is 11.4 Å². The number of amides is 2. The first-order valence-corrected chi connectivity index (χ1v) is 7.75. The van der Waals surface area contributed by atoms with Gasteiger partial charge in [-0.2, -0.15) is 0 Å². The Kier molecular flexibility index (Phi) is 4.57. The topological polar surface area (TPSA) is 128 Å². The summed E-state index contributed by atoms with van der Waals surface area (Å²) in [6, 6.07) is 5.47. The molecule has 10 nitrogen and oxygen atoms in total. The summed E-state index contributed by atoms with van der Waals surface area (Å²) >= 11 is 0. The van der Waals surface area contributed by atoms with Crippen molar-refractivity contribution in [3.63, 3.8) is 0 Å². The Labute approximate surface area is 147 Å². The average molecular weight is 360 g/mol. The molecule has 3 rings (SSSR count). The lowest BCUT2D eigenvalue weighted by atomic mass is 9.98. The van der Waals surface area contributed by atoms with Crippen molar-refractivity contribution in [3.8, 4) is 5.75 Å². The molecule has 0 bridgehead atoms. The Morgan fingerprint density at radius 2 is 2.12 bits per heavy atom. The molecule has 2 heterocycles. The van der Waals surface area contributed by atoms with Crippen molar-refractivity contribution in [1.29, 1.82) is 0 Å². The standard InChI is InChI=1S/C16H16N4O6/c1-9-5-13(18-26-9)16(22)19-7-10(8-19)15(21)17-12-4-3-11(20(23)24)6-14(12)25-2/h3-6,10H,7-8H2,1-2H3,(H,17,21). The van der Waals surface area contributed by atoms with E-state index in [-0.39, 0.29) is 48.0 Å². The van der Waals surface area contributed by atoms with Gasteiger partial charge in [0.25, 0.3) is 11.6 Å². The molecule has 0 aliphatic carbocycles. The first kappa shape index (κ1) is 17.4. The lowest BCUT2D eigenvalue weighted by Crippen LogP contribution is -2.54. The van der Waals surface area contributed by atoms with Crippen LogP contribution in [0.2, 0.25) is 0 Å². The number of non-ortho nitro benzene ring substituents is 1. The first-order valence-electron chi connectivity index (χ1n) is 7.75. The second-order valence-corrected chi connectivity index (χ2v) is 5.86. The van der Waals surface area contributed by atoms with Crippen LogP contribution in [-0.2, 0) is 4.79 Å². The highest BCUT2D eigenvalue weighted by molar-refractivity contribution is 5.98. The molecule has 1 aromatic heterocycles. The number of carbonyl (C=O) groups excluding carboxylic acids is 2. The number of nitrogens with one attached hydrogen (secondary N) is 1. The van der Waals surface area contributed by atoms with E-state index in [1.165, 1.54) is 36.3 Å². The Bertz CT molecular complexity index is 871. The predicted molar refractivity (Wildman–Crippen MR) is 88.9 cm³/mol. The Morgan fingerprint density at radius 3 is 2.69 bits per heavy atom. The number of aromatic nitrogens is 1. The van der Waals surface area contributed by atoms with Crippen LogP contribution in [0, 0.1) is 23.0 Å². The highest BCUT2D eigenvalue weighted by Crippen LogP contribution is 2.30. The third kappa shape index (κ3) is 3.34. The molecule has 2 amide bonds. The van der Waals surface area contributed by atoms with E-state index in [1.54, 1.807) is 6.92 Å². The van der Waals surface area contributed by atoms with Gasteiger partial charge in [-0.15, -0.1) is 0 Å². The smallest absolute Gasteiger partial charge is 0.276 e. The van der Waals surface area contributed by atoms with E-state index in [1.807, 2.05) is 0 Å². The van der Waals surface area contributed by atoms with Crippen molar-refractivity contribution >= 4 is 23.2 Å². The highest BCUT2D eigenvalue weighted by Gasteiger charge is 2.37. The number of ether oxygens (including phenoxy) is 1. The van der Waals surface area contributed by atoms with Crippen LogP contribution in [0.15, 0.2) is 28.8 Å². The molecule has 1 aliphatic heterocycles. The van der Waals surface area contributed by atoms with Gasteiger partial charge in [0.2, 0.25) is 5.91 Å². The summed E-state index contributed by atoms with van der Waals surface area (Å²) in [4.78, 5) is 36.2. The highest BCUT2D eigenvalue weighted by atomic mass is 16.6. The van der Waals surface area contributed by atoms with E-state index in [0.29, 0.717) is 11.4 Å². The zero-order valence-electron chi connectivity index (χ0n) is 14.1. The number of rotatable bonds is 5. The maximum absolute atomic E-state index is 12.3. The number of nitrogens with zero attached hydrogens (tertiary/aromatic N) is 3. The minimum absolute atomic E-state index is 0.136. The fraction of sp³-hybridized carbons (Fsp3) is 0.312. The molecule has 1 N–H and O–H groups in total. The number of carbonyl (C=O) groups is 2. The van der Waals surface area contributed by atoms with Crippen LogP contribution in [0.5, 0.6) is 5.75 Å². The van der Waals surface area contributed by atoms with E-state index in [4.69, 9.17) is 9.26 Å². The van der Waals surface area contributed by atoms with Crippen LogP contribution >= 0.6 is 0 Å². The summed E-state index contributed by atoms with van der Waals surface area (Å²) < 4.78 is 9.96. The summed E-state index contributed by atoms with van der Waals surface area (Å²) in [6.07, 6.45) is 0. The molecule has 1 aliphatic rings. The number of likely N-dealkylation sites (tertiary alicyclic amines) is 1. The Balaban J connectivity index is 1.60. The van der Waals surface area contributed by atoms with Crippen molar-refractivity contribution in [2.45, 2.75) is 6.92 Å². The second-order valence-electron chi connectivity index (χ2n) is 5.86. The Hall–Kier alpha value is -3.43. The monoisotopic (exact) mass is 360 g/mol. The molecule has 0 atom stereocenters. The summed E-state index contributed by atoms with van der Waals surface area (Å²) in [6.45, 7) is 2.20. The third-order valence-electron chi connectivity index (χ3n) is 4.04. The molecule has 2 aromatic rings. The van der Waals surface area contributed by atoms with Gasteiger partial charge in [-0.05, 0) is 13.0 Å². The molecule has 0 unspecified atom stereocenters. The van der Waals surface area contributed by atoms with E-state index in [9.17, 15) is 19.7 Å². The van der Waals surface area contributed by atoms with Gasteiger partial charge in [0.15, 0.2) is 5.69 Å². The molecule has 0 spiro atoms. The molecule has 0 saturated carbocycles. The van der Waals surface area contributed by atoms with Crippen LogP contribution in [0.3, 0.4) is 0 Å². The number of methoxy groups -OCH3 is 1. The fourth-order valence-corrected chi connectivity index (χ4v) is 2.57.